The van der Waals surface area contributed by atoms with Crippen molar-refractivity contribution in [3.8, 4) is 0 Å². The molecule has 1 atom stereocenters. The zero-order valence-electron chi connectivity index (χ0n) is 6.80. The highest BCUT2D eigenvalue weighted by Crippen LogP contribution is 2.37. The van der Waals surface area contributed by atoms with Crippen LogP contribution in [0.5, 0.6) is 0 Å². The van der Waals surface area contributed by atoms with Crippen LogP contribution < -0.4 is 0 Å². The minimum atomic E-state index is -0.419. The van der Waals surface area contributed by atoms with E-state index in [1.807, 2.05) is 0 Å². The number of rotatable bonds is 2. The second-order valence-electron chi connectivity index (χ2n) is 2.55. The molecule has 1 aliphatic heterocycles. The Balaban J connectivity index is 2.52. The minimum Gasteiger partial charge on any atom is -0.353 e. The topological polar surface area (TPSA) is 18.5 Å². The van der Waals surface area contributed by atoms with Gasteiger partial charge in [0.25, 0.3) is 0 Å². The third-order valence-corrected chi connectivity index (χ3v) is 3.50. The largest absolute Gasteiger partial charge is 0.353 e. The molecule has 0 radical (unpaired) electrons. The summed E-state index contributed by atoms with van der Waals surface area (Å²) in [6.45, 7) is 0. The summed E-state index contributed by atoms with van der Waals surface area (Å²) in [5, 5.41) is 0. The van der Waals surface area contributed by atoms with Crippen LogP contribution in [0.25, 0.3) is 0 Å². The van der Waals surface area contributed by atoms with Crippen molar-refractivity contribution in [2.24, 2.45) is 0 Å². The van der Waals surface area contributed by atoms with Crippen LogP contribution in [0.1, 0.15) is 12.8 Å². The molecule has 11 heavy (non-hydrogen) atoms. The average molecular weight is 197 g/mol. The van der Waals surface area contributed by atoms with Gasteiger partial charge >= 0.3 is 0 Å². The molecule has 1 heterocycles. The predicted octanol–water partition coefficient (Wildman–Crippen LogP) is 2.07. The molecule has 0 aliphatic carbocycles. The maximum atomic E-state index is 5.96. The van der Waals surface area contributed by atoms with Crippen molar-refractivity contribution in [2.45, 2.75) is 23.3 Å². The number of thioether (sulfide) groups is 1. The number of hydrogen-bond acceptors (Lipinski definition) is 3. The van der Waals surface area contributed by atoms with Crippen molar-refractivity contribution >= 4 is 23.4 Å². The fraction of sp³-hybridized carbons (Fsp3) is 1.00. The van der Waals surface area contributed by atoms with Crippen LogP contribution in [0.2, 0.25) is 0 Å². The molecular formula is C7H13ClO2S. The Morgan fingerprint density at radius 2 is 2.09 bits per heavy atom. The average Bonchev–Trinajstić information content (AvgIpc) is 2.04. The van der Waals surface area contributed by atoms with E-state index >= 15 is 0 Å². The fourth-order valence-corrected chi connectivity index (χ4v) is 2.76. The Bertz CT molecular complexity index is 128. The molecule has 0 amide bonds. The summed E-state index contributed by atoms with van der Waals surface area (Å²) in [6, 6.07) is 0. The number of methoxy groups -OCH3 is 2. The maximum absolute atomic E-state index is 5.96. The summed E-state index contributed by atoms with van der Waals surface area (Å²) in [5.74, 6) is 0.591. The molecule has 1 fully saturated rings. The van der Waals surface area contributed by atoms with Crippen LogP contribution in [0, 0.1) is 0 Å². The van der Waals surface area contributed by atoms with Gasteiger partial charge in [0.1, 0.15) is 0 Å². The van der Waals surface area contributed by atoms with Gasteiger partial charge < -0.3 is 9.47 Å². The van der Waals surface area contributed by atoms with Crippen molar-refractivity contribution < 1.29 is 9.47 Å². The molecule has 0 saturated carbocycles. The molecule has 66 valence electrons. The summed E-state index contributed by atoms with van der Waals surface area (Å²) in [4.78, 5) is 0. The van der Waals surface area contributed by atoms with Crippen molar-refractivity contribution in [3.63, 3.8) is 0 Å². The van der Waals surface area contributed by atoms with E-state index in [0.717, 1.165) is 18.6 Å². The Morgan fingerprint density at radius 1 is 1.45 bits per heavy atom. The van der Waals surface area contributed by atoms with E-state index in [2.05, 4.69) is 0 Å². The molecule has 1 aliphatic rings. The molecule has 1 unspecified atom stereocenters. The second kappa shape index (κ2) is 3.99. The van der Waals surface area contributed by atoms with Gasteiger partial charge in [-0.25, -0.2) is 0 Å². The quantitative estimate of drug-likeness (QED) is 0.498. The Hall–Kier alpha value is 0.560. The van der Waals surface area contributed by atoms with Gasteiger partial charge in [-0.05, 0) is 5.75 Å². The highest BCUT2D eigenvalue weighted by atomic mass is 35.5. The van der Waals surface area contributed by atoms with Gasteiger partial charge in [0.15, 0.2) is 5.79 Å². The molecule has 1 rings (SSSR count). The van der Waals surface area contributed by atoms with E-state index in [4.69, 9.17) is 21.1 Å². The van der Waals surface area contributed by atoms with Gasteiger partial charge in [-0.3, -0.25) is 0 Å². The molecule has 0 aromatic heterocycles. The Labute approximate surface area is 76.6 Å². The summed E-state index contributed by atoms with van der Waals surface area (Å²) < 4.78 is 10.7. The first-order valence-electron chi connectivity index (χ1n) is 3.58. The highest BCUT2D eigenvalue weighted by molar-refractivity contribution is 8.01. The molecule has 4 heteroatoms. The molecule has 0 bridgehead atoms. The lowest BCUT2D eigenvalue weighted by atomic mass is 10.1. The SMILES string of the molecule is COC1(OC)CCSC(Cl)C1. The van der Waals surface area contributed by atoms with E-state index in [-0.39, 0.29) is 4.71 Å². The smallest absolute Gasteiger partial charge is 0.170 e. The van der Waals surface area contributed by atoms with Crippen LogP contribution in [0.4, 0.5) is 0 Å². The predicted molar refractivity (Wildman–Crippen MR) is 48.1 cm³/mol. The van der Waals surface area contributed by atoms with Crippen LogP contribution in [-0.4, -0.2) is 30.5 Å². The molecule has 0 aromatic carbocycles. The van der Waals surface area contributed by atoms with Gasteiger partial charge in [-0.15, -0.1) is 23.4 Å². The first-order valence-corrected chi connectivity index (χ1v) is 5.07. The molecule has 2 nitrogen and oxygen atoms in total. The lowest BCUT2D eigenvalue weighted by molar-refractivity contribution is -0.210. The normalized spacial score (nSPS) is 30.3. The number of ether oxygens (including phenoxy) is 2. The van der Waals surface area contributed by atoms with Crippen LogP contribution in [0.15, 0.2) is 0 Å². The maximum Gasteiger partial charge on any atom is 0.170 e. The lowest BCUT2D eigenvalue weighted by Crippen LogP contribution is -2.39. The van der Waals surface area contributed by atoms with Gasteiger partial charge in [-0.1, -0.05) is 0 Å². The zero-order valence-corrected chi connectivity index (χ0v) is 8.37. The first-order chi connectivity index (χ1) is 5.22. The third-order valence-electron chi connectivity index (χ3n) is 2.00. The van der Waals surface area contributed by atoms with Crippen LogP contribution in [-0.2, 0) is 9.47 Å². The lowest BCUT2D eigenvalue weighted by Gasteiger charge is -2.36. The van der Waals surface area contributed by atoms with E-state index in [9.17, 15) is 0 Å². The molecule has 1 saturated heterocycles. The molecular weight excluding hydrogens is 184 g/mol. The Morgan fingerprint density at radius 3 is 2.45 bits per heavy atom. The third kappa shape index (κ3) is 2.25. The van der Waals surface area contributed by atoms with Crippen molar-refractivity contribution in [1.29, 1.82) is 0 Å². The summed E-state index contributed by atoms with van der Waals surface area (Å²) in [6.07, 6.45) is 1.69. The van der Waals surface area contributed by atoms with E-state index in [0.29, 0.717) is 0 Å². The molecule has 0 N–H and O–H groups in total. The van der Waals surface area contributed by atoms with E-state index in [1.54, 1.807) is 26.0 Å². The van der Waals surface area contributed by atoms with Gasteiger partial charge in [0.2, 0.25) is 0 Å². The van der Waals surface area contributed by atoms with Crippen molar-refractivity contribution in [1.82, 2.24) is 0 Å². The van der Waals surface area contributed by atoms with E-state index in [1.165, 1.54) is 0 Å². The molecule has 0 spiro atoms. The standard InChI is InChI=1S/C7H13ClO2S/c1-9-7(10-2)3-4-11-6(8)5-7/h6H,3-5H2,1-2H3. The summed E-state index contributed by atoms with van der Waals surface area (Å²) in [7, 11) is 3.34. The summed E-state index contributed by atoms with van der Waals surface area (Å²) >= 11 is 7.72. The van der Waals surface area contributed by atoms with Gasteiger partial charge in [0.05, 0.1) is 4.71 Å². The Kier molecular flexibility index (Phi) is 3.50. The number of alkyl halides is 1. The second-order valence-corrected chi connectivity index (χ2v) is 4.65. The minimum absolute atomic E-state index is 0.128. The van der Waals surface area contributed by atoms with Crippen molar-refractivity contribution in [3.05, 3.63) is 0 Å². The zero-order chi connectivity index (χ0) is 8.32. The number of halogens is 1. The highest BCUT2D eigenvalue weighted by Gasteiger charge is 2.36. The van der Waals surface area contributed by atoms with Crippen LogP contribution in [0.3, 0.4) is 0 Å². The molecule has 0 aromatic rings. The summed E-state index contributed by atoms with van der Waals surface area (Å²) in [5.41, 5.74) is 0. The number of hydrogen-bond donors (Lipinski definition) is 0. The monoisotopic (exact) mass is 196 g/mol. The van der Waals surface area contributed by atoms with Crippen molar-refractivity contribution in [2.75, 3.05) is 20.0 Å². The fourth-order valence-electron chi connectivity index (χ4n) is 1.20. The van der Waals surface area contributed by atoms with E-state index < -0.39 is 5.79 Å². The van der Waals surface area contributed by atoms with Crippen LogP contribution >= 0.6 is 23.4 Å². The van der Waals surface area contributed by atoms with Gasteiger partial charge in [-0.2, -0.15) is 0 Å². The first kappa shape index (κ1) is 9.65. The van der Waals surface area contributed by atoms with Gasteiger partial charge in [0, 0.05) is 27.1 Å².